The highest BCUT2D eigenvalue weighted by atomic mass is 35.5. The molecular formula is C13H9Cl3N2O2. The Morgan fingerprint density at radius 1 is 1.35 bits per heavy atom. The molecule has 1 saturated heterocycles. The average Bonchev–Trinajstić information content (AvgIpc) is 2.63. The van der Waals surface area contributed by atoms with Gasteiger partial charge in [0.2, 0.25) is 0 Å². The van der Waals surface area contributed by atoms with Crippen LogP contribution >= 0.6 is 34.8 Å². The highest BCUT2D eigenvalue weighted by Crippen LogP contribution is 2.35. The molecule has 0 aliphatic carbocycles. The summed E-state index contributed by atoms with van der Waals surface area (Å²) in [4.78, 5) is 29.2. The lowest BCUT2D eigenvalue weighted by atomic mass is 10.3. The van der Waals surface area contributed by atoms with Crippen molar-refractivity contribution in [3.63, 3.8) is 0 Å². The van der Waals surface area contributed by atoms with E-state index in [4.69, 9.17) is 34.8 Å². The molecule has 1 heterocycles. The topological polar surface area (TPSA) is 49.7 Å². The molecule has 0 aromatic heterocycles. The minimum Gasteiger partial charge on any atom is -0.278 e. The Morgan fingerprint density at radius 2 is 2.05 bits per heavy atom. The van der Waals surface area contributed by atoms with Crippen molar-refractivity contribution in [1.82, 2.24) is 0 Å². The largest absolute Gasteiger partial charge is 0.281 e. The third kappa shape index (κ3) is 2.46. The van der Waals surface area contributed by atoms with Gasteiger partial charge >= 0.3 is 0 Å². The molecule has 1 unspecified atom stereocenters. The van der Waals surface area contributed by atoms with Crippen LogP contribution in [-0.4, -0.2) is 29.4 Å². The van der Waals surface area contributed by atoms with Gasteiger partial charge in [0.1, 0.15) is 5.71 Å². The van der Waals surface area contributed by atoms with Gasteiger partial charge in [0.05, 0.1) is 22.3 Å². The number of carbonyl (C=O) groups excluding carboxylic acids is 2. The molecule has 104 valence electrons. The Morgan fingerprint density at radius 3 is 2.70 bits per heavy atom. The number of aliphatic imine (C=N–C) groups is 1. The van der Waals surface area contributed by atoms with Gasteiger partial charge in [0.15, 0.2) is 5.38 Å². The molecule has 1 atom stereocenters. The number of imide groups is 1. The molecule has 0 saturated carbocycles. The third-order valence-corrected chi connectivity index (χ3v) is 3.86. The Kier molecular flexibility index (Phi) is 4.48. The van der Waals surface area contributed by atoms with Crippen LogP contribution in [0, 0.1) is 0 Å². The van der Waals surface area contributed by atoms with Crippen LogP contribution < -0.4 is 4.90 Å². The summed E-state index contributed by atoms with van der Waals surface area (Å²) in [5.74, 6) is -1.19. The second kappa shape index (κ2) is 5.95. The molecule has 2 rings (SSSR count). The second-order valence-corrected chi connectivity index (χ2v) is 5.15. The summed E-state index contributed by atoms with van der Waals surface area (Å²) >= 11 is 17.9. The normalized spacial score (nSPS) is 20.9. The molecule has 7 heteroatoms. The molecule has 0 spiro atoms. The van der Waals surface area contributed by atoms with Crippen molar-refractivity contribution in [2.24, 2.45) is 4.99 Å². The summed E-state index contributed by atoms with van der Waals surface area (Å²) in [5.41, 5.74) is 0.177. The molecule has 1 aliphatic heterocycles. The lowest BCUT2D eigenvalue weighted by Crippen LogP contribution is -2.31. The minimum absolute atomic E-state index is 0.0207. The van der Waals surface area contributed by atoms with Gasteiger partial charge in [-0.15, -0.1) is 18.2 Å². The average molecular weight is 332 g/mol. The van der Waals surface area contributed by atoms with Gasteiger partial charge in [0, 0.05) is 0 Å². The van der Waals surface area contributed by atoms with Crippen LogP contribution in [0.2, 0.25) is 10.0 Å². The monoisotopic (exact) mass is 330 g/mol. The Labute approximate surface area is 130 Å². The van der Waals surface area contributed by atoms with Crippen LogP contribution in [0.25, 0.3) is 0 Å². The lowest BCUT2D eigenvalue weighted by Gasteiger charge is -2.15. The van der Waals surface area contributed by atoms with E-state index < -0.39 is 17.2 Å². The smallest absolute Gasteiger partial charge is 0.278 e. The van der Waals surface area contributed by atoms with Crippen molar-refractivity contribution in [3.8, 4) is 0 Å². The maximum atomic E-state index is 12.3. The molecule has 4 nitrogen and oxygen atoms in total. The van der Waals surface area contributed by atoms with E-state index in [1.807, 2.05) is 0 Å². The van der Waals surface area contributed by atoms with Crippen LogP contribution in [0.4, 0.5) is 5.69 Å². The number of hydrogen-bond donors (Lipinski definition) is 0. The van der Waals surface area contributed by atoms with Crippen molar-refractivity contribution >= 4 is 58.0 Å². The fraction of sp³-hybridized carbons (Fsp3) is 0.154. The molecular weight excluding hydrogens is 323 g/mol. The number of nitrogens with zero attached hydrogens (tertiary/aromatic N) is 2. The Hall–Kier alpha value is -1.36. The number of halogens is 3. The third-order valence-electron chi connectivity index (χ3n) is 2.66. The van der Waals surface area contributed by atoms with Crippen LogP contribution in [0.5, 0.6) is 0 Å². The van der Waals surface area contributed by atoms with E-state index in [0.717, 1.165) is 4.90 Å². The zero-order valence-corrected chi connectivity index (χ0v) is 12.4. The van der Waals surface area contributed by atoms with Crippen LogP contribution in [-0.2, 0) is 9.59 Å². The van der Waals surface area contributed by atoms with Crippen molar-refractivity contribution in [1.29, 1.82) is 0 Å². The molecule has 0 N–H and O–H groups in total. The number of alkyl halides is 1. The van der Waals surface area contributed by atoms with Gasteiger partial charge < -0.3 is 0 Å². The summed E-state index contributed by atoms with van der Waals surface area (Å²) in [6.45, 7) is 3.70. The molecule has 0 radical (unpaired) electrons. The molecule has 1 aromatic carbocycles. The predicted octanol–water partition coefficient (Wildman–Crippen LogP) is 3.10. The molecule has 1 aromatic rings. The quantitative estimate of drug-likeness (QED) is 0.485. The van der Waals surface area contributed by atoms with Gasteiger partial charge in [-0.2, -0.15) is 0 Å². The number of amides is 2. The van der Waals surface area contributed by atoms with E-state index >= 15 is 0 Å². The standard InChI is InChI=1S/C13H9Cl3N2O2/c1-2-6-17-11-10(16)12(19)18(13(11)20)8-5-3-4-7(14)9(8)15/h2-5,10H,1,6H2. The summed E-state index contributed by atoms with van der Waals surface area (Å²) in [7, 11) is 0. The first-order valence-corrected chi connectivity index (χ1v) is 6.80. The number of rotatable bonds is 3. The van der Waals surface area contributed by atoms with Gasteiger partial charge in [-0.1, -0.05) is 35.3 Å². The highest BCUT2D eigenvalue weighted by Gasteiger charge is 2.45. The number of anilines is 1. The van der Waals surface area contributed by atoms with Crippen LogP contribution in [0.15, 0.2) is 35.8 Å². The van der Waals surface area contributed by atoms with Gasteiger partial charge in [0.25, 0.3) is 11.8 Å². The molecule has 0 bridgehead atoms. The predicted molar refractivity (Wildman–Crippen MR) is 81.1 cm³/mol. The highest BCUT2D eigenvalue weighted by molar-refractivity contribution is 6.68. The zero-order valence-electron chi connectivity index (χ0n) is 10.1. The summed E-state index contributed by atoms with van der Waals surface area (Å²) in [6, 6.07) is 4.67. The Balaban J connectivity index is 2.48. The number of hydrogen-bond acceptors (Lipinski definition) is 3. The van der Waals surface area contributed by atoms with E-state index in [9.17, 15) is 9.59 Å². The van der Waals surface area contributed by atoms with Crippen molar-refractivity contribution in [2.75, 3.05) is 11.4 Å². The van der Waals surface area contributed by atoms with Crippen molar-refractivity contribution in [2.45, 2.75) is 5.38 Å². The summed E-state index contributed by atoms with van der Waals surface area (Å²) in [6.07, 6.45) is 1.50. The van der Waals surface area contributed by atoms with Crippen LogP contribution in [0.1, 0.15) is 0 Å². The van der Waals surface area contributed by atoms with E-state index in [0.29, 0.717) is 0 Å². The van der Waals surface area contributed by atoms with Gasteiger partial charge in [-0.3, -0.25) is 14.6 Å². The molecule has 1 aliphatic rings. The van der Waals surface area contributed by atoms with Crippen LogP contribution in [0.3, 0.4) is 0 Å². The zero-order chi connectivity index (χ0) is 14.9. The number of benzene rings is 1. The molecule has 1 fully saturated rings. The fourth-order valence-electron chi connectivity index (χ4n) is 1.76. The van der Waals surface area contributed by atoms with Gasteiger partial charge in [-0.05, 0) is 12.1 Å². The first-order chi connectivity index (χ1) is 9.49. The number of carbonyl (C=O) groups is 2. The SMILES string of the molecule is C=CCN=C1C(=O)N(c2cccc(Cl)c2Cl)C(=O)C1Cl. The van der Waals surface area contributed by atoms with Crippen molar-refractivity contribution in [3.05, 3.63) is 40.9 Å². The second-order valence-electron chi connectivity index (χ2n) is 3.93. The maximum absolute atomic E-state index is 12.3. The first kappa shape index (κ1) is 15.0. The minimum atomic E-state index is -1.13. The van der Waals surface area contributed by atoms with E-state index in [1.54, 1.807) is 12.1 Å². The van der Waals surface area contributed by atoms with E-state index in [1.165, 1.54) is 12.1 Å². The fourth-order valence-corrected chi connectivity index (χ4v) is 2.40. The molecule has 20 heavy (non-hydrogen) atoms. The Bertz CT molecular complexity index is 628. The summed E-state index contributed by atoms with van der Waals surface area (Å²) in [5, 5.41) is -0.769. The van der Waals surface area contributed by atoms with E-state index in [2.05, 4.69) is 11.6 Å². The molecule has 2 amide bonds. The summed E-state index contributed by atoms with van der Waals surface area (Å²) < 4.78 is 0. The maximum Gasteiger partial charge on any atom is 0.281 e. The van der Waals surface area contributed by atoms with Gasteiger partial charge in [-0.25, -0.2) is 4.90 Å². The first-order valence-electron chi connectivity index (χ1n) is 5.60. The van der Waals surface area contributed by atoms with E-state index in [-0.39, 0.29) is 28.0 Å². The van der Waals surface area contributed by atoms with Crippen molar-refractivity contribution < 1.29 is 9.59 Å². The lowest BCUT2D eigenvalue weighted by molar-refractivity contribution is -0.120.